The number of benzene rings is 2. The van der Waals surface area contributed by atoms with Gasteiger partial charge in [0.15, 0.2) is 23.2 Å². The van der Waals surface area contributed by atoms with Crippen LogP contribution in [0.5, 0.6) is 11.5 Å². The van der Waals surface area contributed by atoms with Gasteiger partial charge in [0, 0.05) is 0 Å². The Morgan fingerprint density at radius 1 is 1.17 bits per heavy atom. The summed E-state index contributed by atoms with van der Waals surface area (Å²) in [5, 5.41) is 11.3. The fraction of sp³-hybridized carbons (Fsp3) is 0.182. The topological polar surface area (TPSA) is 91.7 Å². The van der Waals surface area contributed by atoms with Crippen LogP contribution >= 0.6 is 12.2 Å². The van der Waals surface area contributed by atoms with Gasteiger partial charge in [-0.1, -0.05) is 25.1 Å². The maximum atomic E-state index is 13.1. The first-order valence-electron chi connectivity index (χ1n) is 9.16. The molecule has 1 fully saturated rings. The van der Waals surface area contributed by atoms with Crippen LogP contribution in [0.25, 0.3) is 6.08 Å². The average Bonchev–Trinajstić information content (AvgIpc) is 2.75. The first-order chi connectivity index (χ1) is 14.5. The van der Waals surface area contributed by atoms with Gasteiger partial charge in [-0.25, -0.2) is 0 Å². The molecular weight excluding hydrogens is 402 g/mol. The van der Waals surface area contributed by atoms with E-state index in [1.54, 1.807) is 30.3 Å². The Morgan fingerprint density at radius 3 is 2.53 bits per heavy atom. The number of carbonyl (C=O) groups excluding carboxylic acids is 2. The molecule has 8 heteroatoms. The number of rotatable bonds is 6. The van der Waals surface area contributed by atoms with Gasteiger partial charge in [0.25, 0.3) is 11.8 Å². The van der Waals surface area contributed by atoms with Crippen LogP contribution < -0.4 is 19.7 Å². The molecule has 0 aliphatic carbocycles. The summed E-state index contributed by atoms with van der Waals surface area (Å²) in [6, 6.07) is 14.2. The molecule has 0 aromatic heterocycles. The molecule has 0 unspecified atom stereocenters. The molecular formula is C22H19N3O4S. The Balaban J connectivity index is 1.95. The van der Waals surface area contributed by atoms with Crippen molar-refractivity contribution in [2.75, 3.05) is 18.6 Å². The van der Waals surface area contributed by atoms with Crippen molar-refractivity contribution in [3.63, 3.8) is 0 Å². The van der Waals surface area contributed by atoms with Crippen molar-refractivity contribution < 1.29 is 19.1 Å². The van der Waals surface area contributed by atoms with E-state index in [0.717, 1.165) is 12.0 Å². The van der Waals surface area contributed by atoms with Gasteiger partial charge in [0.05, 0.1) is 12.8 Å². The van der Waals surface area contributed by atoms with Gasteiger partial charge in [-0.2, -0.15) is 5.26 Å². The van der Waals surface area contributed by atoms with Crippen molar-refractivity contribution in [2.24, 2.45) is 0 Å². The minimum absolute atomic E-state index is 0.0317. The highest BCUT2D eigenvalue weighted by molar-refractivity contribution is 7.80. The summed E-state index contributed by atoms with van der Waals surface area (Å²) in [6.45, 7) is 1.92. The fourth-order valence-electron chi connectivity index (χ4n) is 2.94. The van der Waals surface area contributed by atoms with E-state index in [9.17, 15) is 9.59 Å². The Kier molecular flexibility index (Phi) is 6.45. The van der Waals surface area contributed by atoms with Gasteiger partial charge in [-0.05, 0) is 60.1 Å². The van der Waals surface area contributed by atoms with Crippen molar-refractivity contribution in [1.82, 2.24) is 5.32 Å². The van der Waals surface area contributed by atoms with Gasteiger partial charge in [-0.3, -0.25) is 19.8 Å². The van der Waals surface area contributed by atoms with Crippen LogP contribution in [-0.4, -0.2) is 30.6 Å². The SMILES string of the molecule is CCc1ccc(N2C(=O)/C(=C/c3ccc(OCC#N)c(OC)c3)C(=O)NC2=S)cc1. The zero-order chi connectivity index (χ0) is 21.7. The van der Waals surface area contributed by atoms with Crippen LogP contribution in [0.1, 0.15) is 18.1 Å². The number of aryl methyl sites for hydroxylation is 1. The standard InChI is InChI=1S/C22H19N3O4S/c1-3-14-4-7-16(8-5-14)25-21(27)17(20(26)24-22(25)30)12-15-6-9-18(29-11-10-23)19(13-15)28-2/h4-9,12-13H,3,11H2,1-2H3,(H,24,26,30)/b17-12+. The van der Waals surface area contributed by atoms with Crippen LogP contribution in [0.15, 0.2) is 48.0 Å². The summed E-state index contributed by atoms with van der Waals surface area (Å²) in [5.74, 6) is -0.322. The zero-order valence-corrected chi connectivity index (χ0v) is 17.3. The van der Waals surface area contributed by atoms with E-state index in [4.69, 9.17) is 27.0 Å². The van der Waals surface area contributed by atoms with Crippen LogP contribution in [0.2, 0.25) is 0 Å². The second-order valence-electron chi connectivity index (χ2n) is 6.33. The van der Waals surface area contributed by atoms with E-state index in [1.165, 1.54) is 18.1 Å². The van der Waals surface area contributed by atoms with Crippen molar-refractivity contribution in [3.05, 3.63) is 59.2 Å². The molecule has 3 rings (SSSR count). The minimum Gasteiger partial charge on any atom is -0.493 e. The van der Waals surface area contributed by atoms with Crippen molar-refractivity contribution in [2.45, 2.75) is 13.3 Å². The quantitative estimate of drug-likeness (QED) is 0.438. The first-order valence-corrected chi connectivity index (χ1v) is 9.57. The van der Waals surface area contributed by atoms with Gasteiger partial charge >= 0.3 is 0 Å². The number of hydrogen-bond acceptors (Lipinski definition) is 6. The highest BCUT2D eigenvalue weighted by Crippen LogP contribution is 2.30. The third kappa shape index (κ3) is 4.31. The lowest BCUT2D eigenvalue weighted by Crippen LogP contribution is -2.54. The van der Waals surface area contributed by atoms with E-state index >= 15 is 0 Å². The van der Waals surface area contributed by atoms with Gasteiger partial charge in [0.1, 0.15) is 11.6 Å². The molecule has 152 valence electrons. The lowest BCUT2D eigenvalue weighted by molar-refractivity contribution is -0.122. The largest absolute Gasteiger partial charge is 0.493 e. The van der Waals surface area contributed by atoms with E-state index in [0.29, 0.717) is 22.7 Å². The number of thiocarbonyl (C=S) groups is 1. The Bertz CT molecular complexity index is 1070. The first kappa shape index (κ1) is 21.0. The van der Waals surface area contributed by atoms with Gasteiger partial charge < -0.3 is 9.47 Å². The van der Waals surface area contributed by atoms with Crippen LogP contribution in [0, 0.1) is 11.3 Å². The molecule has 0 saturated carbocycles. The summed E-state index contributed by atoms with van der Waals surface area (Å²) < 4.78 is 10.6. The molecule has 1 N–H and O–H groups in total. The number of hydrogen-bond donors (Lipinski definition) is 1. The smallest absolute Gasteiger partial charge is 0.270 e. The summed E-state index contributed by atoms with van der Waals surface area (Å²) >= 11 is 5.22. The van der Waals surface area contributed by atoms with Crippen molar-refractivity contribution in [1.29, 1.82) is 5.26 Å². The van der Waals surface area contributed by atoms with E-state index < -0.39 is 11.8 Å². The summed E-state index contributed by atoms with van der Waals surface area (Å²) in [4.78, 5) is 26.8. The van der Waals surface area contributed by atoms with E-state index in [-0.39, 0.29) is 17.3 Å². The lowest BCUT2D eigenvalue weighted by atomic mass is 10.1. The predicted octanol–water partition coefficient (Wildman–Crippen LogP) is 2.99. The summed E-state index contributed by atoms with van der Waals surface area (Å²) in [5.41, 5.74) is 2.20. The van der Waals surface area contributed by atoms with E-state index in [2.05, 4.69) is 5.32 Å². The number of methoxy groups -OCH3 is 1. The maximum absolute atomic E-state index is 13.1. The Labute approximate surface area is 179 Å². The molecule has 7 nitrogen and oxygen atoms in total. The van der Waals surface area contributed by atoms with Gasteiger partial charge in [0.2, 0.25) is 0 Å². The number of nitrogens with zero attached hydrogens (tertiary/aromatic N) is 2. The van der Waals surface area contributed by atoms with Gasteiger partial charge in [-0.15, -0.1) is 0 Å². The normalized spacial score (nSPS) is 15.0. The van der Waals surface area contributed by atoms with Crippen LogP contribution in [0.4, 0.5) is 5.69 Å². The molecule has 1 saturated heterocycles. The molecule has 0 spiro atoms. The monoisotopic (exact) mass is 421 g/mol. The predicted molar refractivity (Wildman–Crippen MR) is 116 cm³/mol. The van der Waals surface area contributed by atoms with Crippen LogP contribution in [-0.2, 0) is 16.0 Å². The number of nitriles is 1. The molecule has 2 aromatic rings. The second kappa shape index (κ2) is 9.20. The van der Waals surface area contributed by atoms with Crippen molar-refractivity contribution in [3.8, 4) is 17.6 Å². The average molecular weight is 421 g/mol. The molecule has 30 heavy (non-hydrogen) atoms. The summed E-state index contributed by atoms with van der Waals surface area (Å²) in [7, 11) is 1.46. The number of nitrogens with one attached hydrogen (secondary N) is 1. The minimum atomic E-state index is -0.574. The Morgan fingerprint density at radius 2 is 1.90 bits per heavy atom. The second-order valence-corrected chi connectivity index (χ2v) is 6.72. The Hall–Kier alpha value is -3.70. The molecule has 1 aliphatic heterocycles. The molecule has 2 amide bonds. The number of ether oxygens (including phenoxy) is 2. The lowest BCUT2D eigenvalue weighted by Gasteiger charge is -2.29. The number of amides is 2. The highest BCUT2D eigenvalue weighted by atomic mass is 32.1. The third-order valence-electron chi connectivity index (χ3n) is 4.50. The molecule has 0 bridgehead atoms. The molecule has 0 radical (unpaired) electrons. The number of carbonyl (C=O) groups is 2. The molecule has 1 aliphatic rings. The fourth-order valence-corrected chi connectivity index (χ4v) is 3.22. The highest BCUT2D eigenvalue weighted by Gasteiger charge is 2.34. The molecule has 1 heterocycles. The maximum Gasteiger partial charge on any atom is 0.270 e. The third-order valence-corrected chi connectivity index (χ3v) is 4.78. The summed E-state index contributed by atoms with van der Waals surface area (Å²) in [6.07, 6.45) is 2.33. The van der Waals surface area contributed by atoms with Crippen molar-refractivity contribution >= 4 is 40.9 Å². The number of anilines is 1. The molecule has 2 aromatic carbocycles. The zero-order valence-electron chi connectivity index (χ0n) is 16.5. The van der Waals surface area contributed by atoms with Crippen LogP contribution in [0.3, 0.4) is 0 Å². The van der Waals surface area contributed by atoms with E-state index in [1.807, 2.05) is 25.1 Å². The molecule has 0 atom stereocenters.